The van der Waals surface area contributed by atoms with Gasteiger partial charge in [0.2, 0.25) is 0 Å². The predicted molar refractivity (Wildman–Crippen MR) is 271 cm³/mol. The number of allylic oxidation sites excluding steroid dienone is 4. The van der Waals surface area contributed by atoms with Gasteiger partial charge in [0.05, 0.1) is 19.8 Å². The van der Waals surface area contributed by atoms with Gasteiger partial charge in [-0.2, -0.15) is 0 Å². The highest BCUT2D eigenvalue weighted by atomic mass is 16.7. The zero-order valence-electron chi connectivity index (χ0n) is 43.5. The van der Waals surface area contributed by atoms with E-state index in [1.807, 2.05) is 0 Å². The SMILES string of the molecule is CCCCC/C=C/C/C=C/CCCCCCCCCC(=O)OC[C@@H](CO[C@@H]1O[C@H](CO[C@@H]2O[C@H](CO)[C@H](O)C(O)C2O)[C@H](O)C(O)C1O)OC(=O)CCCCCCCCCCCCCCCCCCC. The third-order valence-electron chi connectivity index (χ3n) is 13.4. The Morgan fingerprint density at radius 3 is 1.36 bits per heavy atom. The summed E-state index contributed by atoms with van der Waals surface area (Å²) in [6, 6.07) is 0. The van der Waals surface area contributed by atoms with Crippen LogP contribution in [0.1, 0.15) is 219 Å². The third-order valence-corrected chi connectivity index (χ3v) is 13.4. The molecule has 0 aromatic heterocycles. The molecule has 2 rings (SSSR count). The van der Waals surface area contributed by atoms with E-state index in [1.54, 1.807) is 0 Å². The highest BCUT2D eigenvalue weighted by Gasteiger charge is 2.47. The second kappa shape index (κ2) is 42.3. The lowest BCUT2D eigenvalue weighted by molar-refractivity contribution is -0.332. The highest BCUT2D eigenvalue weighted by molar-refractivity contribution is 5.70. The normalized spacial score (nSPS) is 25.5. The van der Waals surface area contributed by atoms with Crippen LogP contribution in [0.3, 0.4) is 0 Å². The van der Waals surface area contributed by atoms with Gasteiger partial charge >= 0.3 is 11.9 Å². The summed E-state index contributed by atoms with van der Waals surface area (Å²) in [6.07, 6.45) is 27.6. The number of hydrogen-bond donors (Lipinski definition) is 7. The fourth-order valence-electron chi connectivity index (χ4n) is 8.84. The quantitative estimate of drug-likeness (QED) is 0.0172. The van der Waals surface area contributed by atoms with Crippen molar-refractivity contribution in [3.63, 3.8) is 0 Å². The van der Waals surface area contributed by atoms with Gasteiger partial charge in [0.1, 0.15) is 55.4 Å². The van der Waals surface area contributed by atoms with Gasteiger partial charge in [0, 0.05) is 12.8 Å². The number of aliphatic hydroxyl groups excluding tert-OH is 7. The van der Waals surface area contributed by atoms with Crippen molar-refractivity contribution in [2.75, 3.05) is 26.4 Å². The van der Waals surface area contributed by atoms with E-state index < -0.39 is 92.7 Å². The summed E-state index contributed by atoms with van der Waals surface area (Å²) in [6.45, 7) is 2.59. The van der Waals surface area contributed by atoms with E-state index in [2.05, 4.69) is 38.2 Å². The van der Waals surface area contributed by atoms with Gasteiger partial charge in [0.25, 0.3) is 0 Å². The van der Waals surface area contributed by atoms with Crippen LogP contribution in [0.25, 0.3) is 0 Å². The number of hydrogen-bond acceptors (Lipinski definition) is 15. The minimum absolute atomic E-state index is 0.168. The Bertz CT molecular complexity index is 1310. The van der Waals surface area contributed by atoms with E-state index in [0.717, 1.165) is 57.8 Å². The lowest BCUT2D eigenvalue weighted by Crippen LogP contribution is -2.61. The van der Waals surface area contributed by atoms with Crippen LogP contribution in [0.15, 0.2) is 24.3 Å². The van der Waals surface area contributed by atoms with E-state index in [9.17, 15) is 45.3 Å². The van der Waals surface area contributed by atoms with Crippen LogP contribution in [0.4, 0.5) is 0 Å². The van der Waals surface area contributed by atoms with E-state index in [0.29, 0.717) is 12.8 Å². The van der Waals surface area contributed by atoms with Gasteiger partial charge in [-0.3, -0.25) is 9.59 Å². The van der Waals surface area contributed by atoms with Crippen molar-refractivity contribution in [3.8, 4) is 0 Å². The summed E-state index contributed by atoms with van der Waals surface area (Å²) in [7, 11) is 0. The van der Waals surface area contributed by atoms with Crippen molar-refractivity contribution in [2.45, 2.75) is 287 Å². The zero-order chi connectivity index (χ0) is 51.0. The number of carbonyl (C=O) groups excluding carboxylic acids is 2. The summed E-state index contributed by atoms with van der Waals surface area (Å²) >= 11 is 0. The standard InChI is InChI=1S/C55H100O15/c1-3-5-7-9-11-13-15-17-19-21-23-25-27-29-31-33-35-37-46(57)65-40-43(68-47(58)38-36-34-32-30-28-26-24-22-20-18-16-14-12-10-8-6-4-2)41-66-54-53(64)51(62)49(60)45(70-54)42-67-55-52(63)50(61)48(59)44(39-56)69-55/h11,13,17,19,43-45,48-56,59-64H,3-10,12,14-16,18,20-42H2,1-2H3/b13-11+,19-17+/t43-,44+,45+,48-,49-,50?,51?,52?,53?,54+,55+/m0/s1. The molecular formula is C55H100O15. The average molecular weight is 1000 g/mol. The Labute approximate surface area is 422 Å². The molecule has 2 saturated heterocycles. The van der Waals surface area contributed by atoms with Crippen LogP contribution in [0.2, 0.25) is 0 Å². The molecule has 2 heterocycles. The van der Waals surface area contributed by atoms with Gasteiger partial charge in [-0.1, -0.05) is 186 Å². The van der Waals surface area contributed by atoms with Crippen LogP contribution in [-0.4, -0.2) is 142 Å². The van der Waals surface area contributed by atoms with Crippen LogP contribution >= 0.6 is 0 Å². The lowest BCUT2D eigenvalue weighted by Gasteiger charge is -2.42. The summed E-state index contributed by atoms with van der Waals surface area (Å²) in [4.78, 5) is 25.8. The van der Waals surface area contributed by atoms with Crippen LogP contribution < -0.4 is 0 Å². The topological polar surface area (TPSA) is 231 Å². The predicted octanol–water partition coefficient (Wildman–Crippen LogP) is 8.72. The maximum absolute atomic E-state index is 13.0. The molecule has 0 aromatic carbocycles. The molecule has 0 aromatic rings. The van der Waals surface area contributed by atoms with Crippen LogP contribution in [0, 0.1) is 0 Å². The largest absolute Gasteiger partial charge is 0.462 e. The maximum Gasteiger partial charge on any atom is 0.306 e. The summed E-state index contributed by atoms with van der Waals surface area (Å²) in [5.41, 5.74) is 0. The molecule has 4 unspecified atom stereocenters. The third kappa shape index (κ3) is 29.6. The van der Waals surface area contributed by atoms with Gasteiger partial charge in [0.15, 0.2) is 18.7 Å². The number of unbranched alkanes of at least 4 members (excludes halogenated alkanes) is 26. The zero-order valence-corrected chi connectivity index (χ0v) is 43.5. The molecule has 410 valence electrons. The molecule has 15 heteroatoms. The Morgan fingerprint density at radius 2 is 0.857 bits per heavy atom. The average Bonchev–Trinajstić information content (AvgIpc) is 3.35. The molecule has 2 aliphatic heterocycles. The first-order valence-electron chi connectivity index (χ1n) is 27.9. The number of rotatable bonds is 44. The molecule has 15 nitrogen and oxygen atoms in total. The molecule has 0 radical (unpaired) electrons. The Morgan fingerprint density at radius 1 is 0.457 bits per heavy atom. The van der Waals surface area contributed by atoms with Crippen molar-refractivity contribution in [1.29, 1.82) is 0 Å². The number of ether oxygens (including phenoxy) is 6. The molecule has 0 bridgehead atoms. The summed E-state index contributed by atoms with van der Waals surface area (Å²) < 4.78 is 33.7. The smallest absolute Gasteiger partial charge is 0.306 e. The second-order valence-corrected chi connectivity index (χ2v) is 19.8. The molecular weight excluding hydrogens is 901 g/mol. The van der Waals surface area contributed by atoms with E-state index >= 15 is 0 Å². The second-order valence-electron chi connectivity index (χ2n) is 19.8. The van der Waals surface area contributed by atoms with E-state index in [4.69, 9.17) is 28.4 Å². The Balaban J connectivity index is 1.77. The van der Waals surface area contributed by atoms with Crippen LogP contribution in [0.5, 0.6) is 0 Å². The van der Waals surface area contributed by atoms with Crippen molar-refractivity contribution in [2.24, 2.45) is 0 Å². The molecule has 0 amide bonds. The summed E-state index contributed by atoms with van der Waals surface area (Å²) in [5, 5.41) is 72.2. The fraction of sp³-hybridized carbons (Fsp3) is 0.891. The molecule has 11 atom stereocenters. The molecule has 0 spiro atoms. The molecule has 2 aliphatic rings. The van der Waals surface area contributed by atoms with E-state index in [1.165, 1.54) is 122 Å². The first kappa shape index (κ1) is 64.1. The van der Waals surface area contributed by atoms with Gasteiger partial charge in [-0.15, -0.1) is 0 Å². The maximum atomic E-state index is 13.0. The molecule has 2 fully saturated rings. The van der Waals surface area contributed by atoms with E-state index in [-0.39, 0.29) is 26.1 Å². The van der Waals surface area contributed by atoms with Crippen LogP contribution in [-0.2, 0) is 38.0 Å². The number of esters is 2. The van der Waals surface area contributed by atoms with Gasteiger partial charge in [-0.25, -0.2) is 0 Å². The molecule has 0 saturated carbocycles. The van der Waals surface area contributed by atoms with Crippen molar-refractivity contribution >= 4 is 11.9 Å². The number of carbonyl (C=O) groups is 2. The van der Waals surface area contributed by atoms with Gasteiger partial charge in [-0.05, 0) is 44.9 Å². The van der Waals surface area contributed by atoms with Crippen molar-refractivity contribution < 1.29 is 73.8 Å². The number of aliphatic hydroxyl groups is 7. The minimum atomic E-state index is -1.76. The first-order valence-corrected chi connectivity index (χ1v) is 27.9. The lowest BCUT2D eigenvalue weighted by atomic mass is 9.98. The molecule has 7 N–H and O–H groups in total. The van der Waals surface area contributed by atoms with Crippen molar-refractivity contribution in [3.05, 3.63) is 24.3 Å². The highest BCUT2D eigenvalue weighted by Crippen LogP contribution is 2.27. The minimum Gasteiger partial charge on any atom is -0.462 e. The monoisotopic (exact) mass is 1000 g/mol. The summed E-state index contributed by atoms with van der Waals surface area (Å²) in [5.74, 6) is -0.923. The van der Waals surface area contributed by atoms with Crippen molar-refractivity contribution in [1.82, 2.24) is 0 Å². The molecule has 0 aliphatic carbocycles. The first-order chi connectivity index (χ1) is 34.0. The Hall–Kier alpha value is -2.02. The Kier molecular flexibility index (Phi) is 38.8. The van der Waals surface area contributed by atoms with Gasteiger partial charge < -0.3 is 64.2 Å². The fourth-order valence-corrected chi connectivity index (χ4v) is 8.84. The molecule has 70 heavy (non-hydrogen) atoms.